The van der Waals surface area contributed by atoms with Crippen LogP contribution >= 0.6 is 63.9 Å². The minimum Gasteiger partial charge on any atom is -0.485 e. The number of imidazole rings is 1. The van der Waals surface area contributed by atoms with Gasteiger partial charge in [0.2, 0.25) is 5.91 Å². The summed E-state index contributed by atoms with van der Waals surface area (Å²) >= 11 is 16.7. The number of hydrogen-bond donors (Lipinski definition) is 3. The van der Waals surface area contributed by atoms with Gasteiger partial charge >= 0.3 is 6.03 Å². The average Bonchev–Trinajstić information content (AvgIpc) is 3.33. The van der Waals surface area contributed by atoms with E-state index < -0.39 is 11.9 Å². The molecule has 0 radical (unpaired) electrons. The van der Waals surface area contributed by atoms with E-state index >= 15 is 0 Å². The highest BCUT2D eigenvalue weighted by Crippen LogP contribution is 2.35. The predicted molar refractivity (Wildman–Crippen MR) is 192 cm³/mol. The number of ether oxygens (including phenoxy) is 1. The summed E-state index contributed by atoms with van der Waals surface area (Å²) < 4.78 is 8.73. The zero-order valence-electron chi connectivity index (χ0n) is 24.8. The first-order valence-corrected chi connectivity index (χ1v) is 15.0. The second-order valence-corrected chi connectivity index (χ2v) is 11.3. The summed E-state index contributed by atoms with van der Waals surface area (Å²) in [5.74, 6) is -0.258. The third-order valence-corrected chi connectivity index (χ3v) is 8.44. The molecule has 0 unspecified atom stereocenters. The van der Waals surface area contributed by atoms with Crippen molar-refractivity contribution >= 4 is 105 Å². The number of rotatable bonds is 9. The van der Waals surface area contributed by atoms with E-state index in [1.54, 1.807) is 60.9 Å². The number of anilines is 3. The Morgan fingerprint density at radius 1 is 0.979 bits per heavy atom. The van der Waals surface area contributed by atoms with Gasteiger partial charge in [-0.25, -0.2) is 9.78 Å². The van der Waals surface area contributed by atoms with Crippen molar-refractivity contribution in [1.82, 2.24) is 19.7 Å². The third-order valence-electron chi connectivity index (χ3n) is 6.71. The number of nitrogens with one attached hydrogen (secondary N) is 3. The van der Waals surface area contributed by atoms with Crippen LogP contribution in [0, 0.1) is 6.92 Å². The molecule has 0 aliphatic carbocycles. The molecule has 246 valence electrons. The number of fused-ring (bicyclic) bond motifs is 1. The fourth-order valence-electron chi connectivity index (χ4n) is 4.33. The smallest absolute Gasteiger partial charge is 0.319 e. The summed E-state index contributed by atoms with van der Waals surface area (Å²) in [6, 6.07) is 16.0. The number of carbonyl (C=O) groups excluding carboxylic acids is 3. The summed E-state index contributed by atoms with van der Waals surface area (Å²) in [6.07, 6.45) is 4.99. The molecule has 0 bridgehead atoms. The zero-order chi connectivity index (χ0) is 32.1. The van der Waals surface area contributed by atoms with E-state index in [2.05, 4.69) is 41.8 Å². The van der Waals surface area contributed by atoms with Crippen molar-refractivity contribution in [3.05, 3.63) is 111 Å². The van der Waals surface area contributed by atoms with Crippen molar-refractivity contribution < 1.29 is 19.1 Å². The number of aromatic nitrogens is 3. The van der Waals surface area contributed by atoms with Crippen molar-refractivity contribution in [3.63, 3.8) is 0 Å². The fourth-order valence-corrected chi connectivity index (χ4v) is 5.31. The molecule has 3 aromatic heterocycles. The van der Waals surface area contributed by atoms with Gasteiger partial charge in [-0.1, -0.05) is 29.3 Å². The number of nitrogens with zero attached hydrogens (tertiary/aromatic N) is 4. The predicted octanol–water partition coefficient (Wildman–Crippen LogP) is 7.57. The van der Waals surface area contributed by atoms with Gasteiger partial charge in [0.05, 0.1) is 22.9 Å². The van der Waals surface area contributed by atoms with Gasteiger partial charge in [-0.05, 0) is 77.5 Å². The van der Waals surface area contributed by atoms with Crippen molar-refractivity contribution in [2.45, 2.75) is 13.5 Å². The lowest BCUT2D eigenvalue weighted by Crippen LogP contribution is -2.40. The number of amides is 4. The first-order valence-electron chi connectivity index (χ1n) is 13.5. The molecular formula is C31H28BrCl4N7O4. The minimum absolute atomic E-state index is 0. The van der Waals surface area contributed by atoms with Crippen molar-refractivity contribution in [2.24, 2.45) is 0 Å². The maximum absolute atomic E-state index is 13.0. The van der Waals surface area contributed by atoms with Gasteiger partial charge in [0.1, 0.15) is 11.2 Å². The minimum atomic E-state index is -0.630. The van der Waals surface area contributed by atoms with Crippen molar-refractivity contribution in [2.75, 3.05) is 29.1 Å². The van der Waals surface area contributed by atoms with Crippen LogP contribution in [0.25, 0.3) is 5.65 Å². The van der Waals surface area contributed by atoms with Crippen molar-refractivity contribution in [3.8, 4) is 5.75 Å². The van der Waals surface area contributed by atoms with Gasteiger partial charge in [0.25, 0.3) is 5.91 Å². The first kappa shape index (κ1) is 37.4. The van der Waals surface area contributed by atoms with Gasteiger partial charge in [-0.15, -0.1) is 24.8 Å². The largest absolute Gasteiger partial charge is 0.485 e. The van der Waals surface area contributed by atoms with Crippen molar-refractivity contribution in [1.29, 1.82) is 0 Å². The molecule has 47 heavy (non-hydrogen) atoms. The molecule has 11 nitrogen and oxygen atoms in total. The summed E-state index contributed by atoms with van der Waals surface area (Å²) in [5.41, 5.74) is 3.60. The topological polar surface area (TPSA) is 130 Å². The van der Waals surface area contributed by atoms with E-state index in [1.807, 2.05) is 23.6 Å². The molecule has 0 aliphatic heterocycles. The fraction of sp³-hybridized carbons (Fsp3) is 0.129. The molecule has 0 spiro atoms. The molecule has 5 aromatic rings. The molecule has 0 aliphatic rings. The average molecular weight is 784 g/mol. The molecule has 2 aromatic carbocycles. The Morgan fingerprint density at radius 2 is 1.72 bits per heavy atom. The van der Waals surface area contributed by atoms with Crippen LogP contribution in [0.4, 0.5) is 21.9 Å². The van der Waals surface area contributed by atoms with E-state index in [4.69, 9.17) is 27.9 Å². The second kappa shape index (κ2) is 16.7. The molecule has 0 saturated heterocycles. The molecule has 3 N–H and O–H groups in total. The van der Waals surface area contributed by atoms with Crippen LogP contribution in [0.5, 0.6) is 5.75 Å². The number of pyridine rings is 2. The number of hydrogen-bond acceptors (Lipinski definition) is 6. The lowest BCUT2D eigenvalue weighted by Gasteiger charge is -2.21. The monoisotopic (exact) mass is 781 g/mol. The highest BCUT2D eigenvalue weighted by Gasteiger charge is 2.20. The SMILES string of the molecule is Cc1nc2c(OCc3c(Cl)ccc(N(C)C(=O)CNC(=O)Nc4cccc(C(=O)Nc5ccncc5)c4)c3Cl)cccn2c1Br.Cl.Cl. The Hall–Kier alpha value is -4.07. The number of carbonyl (C=O) groups is 3. The van der Waals surface area contributed by atoms with Crippen LogP contribution in [0.15, 0.2) is 83.9 Å². The highest BCUT2D eigenvalue weighted by atomic mass is 79.9. The van der Waals surface area contributed by atoms with E-state index in [9.17, 15) is 14.4 Å². The first-order chi connectivity index (χ1) is 21.6. The summed E-state index contributed by atoms with van der Waals surface area (Å²) in [5, 5.41) is 8.52. The molecular weight excluding hydrogens is 756 g/mol. The van der Waals surface area contributed by atoms with Crippen LogP contribution in [0.2, 0.25) is 10.0 Å². The molecule has 16 heteroatoms. The summed E-state index contributed by atoms with van der Waals surface area (Å²) in [6.45, 7) is 1.58. The Kier molecular flexibility index (Phi) is 13.3. The van der Waals surface area contributed by atoms with Gasteiger partial charge in [0.15, 0.2) is 11.4 Å². The molecule has 4 amide bonds. The Balaban J connectivity index is 0.00000300. The van der Waals surface area contributed by atoms with Crippen LogP contribution in [-0.2, 0) is 11.4 Å². The number of benzene rings is 2. The van der Waals surface area contributed by atoms with Gasteiger partial charge in [0, 0.05) is 53.2 Å². The van der Waals surface area contributed by atoms with Gasteiger partial charge in [-0.2, -0.15) is 0 Å². The summed E-state index contributed by atoms with van der Waals surface area (Å²) in [4.78, 5) is 48.0. The lowest BCUT2D eigenvalue weighted by molar-refractivity contribution is -0.117. The number of likely N-dealkylation sites (N-methyl/N-ethyl adjacent to an activating group) is 1. The number of aryl methyl sites for hydroxylation is 1. The number of halogens is 5. The van der Waals surface area contributed by atoms with Crippen LogP contribution in [-0.4, -0.2) is 45.8 Å². The molecule has 0 atom stereocenters. The molecule has 0 fully saturated rings. The quantitative estimate of drug-likeness (QED) is 0.142. The lowest BCUT2D eigenvalue weighted by atomic mass is 10.2. The Bertz CT molecular complexity index is 1910. The van der Waals surface area contributed by atoms with Crippen LogP contribution in [0.1, 0.15) is 21.6 Å². The van der Waals surface area contributed by atoms with E-state index in [0.717, 1.165) is 10.3 Å². The van der Waals surface area contributed by atoms with Gasteiger partial charge in [-0.3, -0.25) is 19.0 Å². The Labute approximate surface area is 301 Å². The van der Waals surface area contributed by atoms with E-state index in [0.29, 0.717) is 44.6 Å². The highest BCUT2D eigenvalue weighted by molar-refractivity contribution is 9.10. The molecule has 3 heterocycles. The number of urea groups is 1. The van der Waals surface area contributed by atoms with Crippen LogP contribution < -0.4 is 25.6 Å². The molecule has 5 rings (SSSR count). The summed E-state index contributed by atoms with van der Waals surface area (Å²) in [7, 11) is 1.54. The normalized spacial score (nSPS) is 10.3. The second-order valence-electron chi connectivity index (χ2n) is 9.73. The van der Waals surface area contributed by atoms with E-state index in [-0.39, 0.29) is 48.9 Å². The zero-order valence-corrected chi connectivity index (χ0v) is 29.5. The van der Waals surface area contributed by atoms with Crippen LogP contribution in [0.3, 0.4) is 0 Å². The maximum Gasteiger partial charge on any atom is 0.319 e. The maximum atomic E-state index is 13.0. The third kappa shape index (κ3) is 8.85. The molecule has 0 saturated carbocycles. The Morgan fingerprint density at radius 3 is 2.47 bits per heavy atom. The van der Waals surface area contributed by atoms with Gasteiger partial charge < -0.3 is 25.6 Å². The van der Waals surface area contributed by atoms with E-state index in [1.165, 1.54) is 18.0 Å². The standard InChI is InChI=1S/C31H26BrCl2N7O4.2ClH/c1-18-28(32)41-14-4-7-25(29(41)37-18)45-17-22-23(33)8-9-24(27(22)34)40(2)26(42)16-36-31(44)39-21-6-3-5-19(15-21)30(43)38-20-10-12-35-13-11-20;;/h3-15H,16-17H2,1-2H3,(H,35,38,43)(H2,36,39,44);2*1H.